The van der Waals surface area contributed by atoms with Crippen molar-refractivity contribution < 1.29 is 9.47 Å². The van der Waals surface area contributed by atoms with E-state index in [1.165, 1.54) is 0 Å². The first-order chi connectivity index (χ1) is 10.6. The van der Waals surface area contributed by atoms with Crippen LogP contribution in [0.4, 0.5) is 0 Å². The van der Waals surface area contributed by atoms with Gasteiger partial charge in [-0.05, 0) is 38.8 Å². The Labute approximate surface area is 132 Å². The molecule has 1 atom stereocenters. The number of hydrogen-bond donors (Lipinski definition) is 0. The van der Waals surface area contributed by atoms with Crippen molar-refractivity contribution in [3.05, 3.63) is 29.7 Å². The van der Waals surface area contributed by atoms with Gasteiger partial charge in [0.25, 0.3) is 6.01 Å². The standard InChI is InChI=1S/C17H25N3O2/c1-6-14(9-10-21-4)20-11-16(19-17(20)22-5)15-8-7-12(2)18-13(15)3/h7-8,11,14H,6,9-10H2,1-5H3. The third kappa shape index (κ3) is 3.47. The van der Waals surface area contributed by atoms with E-state index < -0.39 is 0 Å². The van der Waals surface area contributed by atoms with Gasteiger partial charge in [0, 0.05) is 42.9 Å². The third-order valence-corrected chi connectivity index (χ3v) is 3.90. The molecule has 22 heavy (non-hydrogen) atoms. The van der Waals surface area contributed by atoms with Crippen molar-refractivity contribution >= 4 is 0 Å². The van der Waals surface area contributed by atoms with Crippen LogP contribution in [0.25, 0.3) is 11.3 Å². The SMILES string of the molecule is CCC(CCOC)n1cc(-c2ccc(C)nc2C)nc1OC. The summed E-state index contributed by atoms with van der Waals surface area (Å²) in [7, 11) is 3.39. The van der Waals surface area contributed by atoms with Crippen molar-refractivity contribution in [2.45, 2.75) is 39.7 Å². The highest BCUT2D eigenvalue weighted by atomic mass is 16.5. The predicted octanol–water partition coefficient (Wildman–Crippen LogP) is 3.56. The molecule has 0 N–H and O–H groups in total. The molecule has 120 valence electrons. The molecule has 0 aliphatic rings. The molecule has 0 amide bonds. The highest BCUT2D eigenvalue weighted by Crippen LogP contribution is 2.29. The van der Waals surface area contributed by atoms with E-state index in [9.17, 15) is 0 Å². The third-order valence-electron chi connectivity index (χ3n) is 3.90. The number of rotatable bonds is 7. The molecule has 2 aromatic rings. The summed E-state index contributed by atoms with van der Waals surface area (Å²) in [5, 5.41) is 0. The smallest absolute Gasteiger partial charge is 0.296 e. The van der Waals surface area contributed by atoms with E-state index in [0.29, 0.717) is 12.1 Å². The number of hydrogen-bond acceptors (Lipinski definition) is 4. The number of aromatic nitrogens is 3. The fourth-order valence-electron chi connectivity index (χ4n) is 2.67. The average Bonchev–Trinajstić information content (AvgIpc) is 2.92. The van der Waals surface area contributed by atoms with Crippen LogP contribution in [-0.4, -0.2) is 35.4 Å². The second kappa shape index (κ2) is 7.40. The molecule has 0 radical (unpaired) electrons. The fourth-order valence-corrected chi connectivity index (χ4v) is 2.67. The van der Waals surface area contributed by atoms with E-state index in [1.807, 2.05) is 19.9 Å². The predicted molar refractivity (Wildman–Crippen MR) is 87.3 cm³/mol. The molecular formula is C17H25N3O2. The molecule has 2 aromatic heterocycles. The summed E-state index contributed by atoms with van der Waals surface area (Å²) in [6.07, 6.45) is 3.99. The van der Waals surface area contributed by atoms with Gasteiger partial charge in [0.1, 0.15) is 0 Å². The number of pyridine rings is 1. The molecule has 5 nitrogen and oxygen atoms in total. The van der Waals surface area contributed by atoms with Gasteiger partial charge in [-0.25, -0.2) is 0 Å². The van der Waals surface area contributed by atoms with Crippen LogP contribution in [0.1, 0.15) is 37.2 Å². The van der Waals surface area contributed by atoms with Gasteiger partial charge in [-0.2, -0.15) is 4.98 Å². The van der Waals surface area contributed by atoms with Crippen LogP contribution in [0.5, 0.6) is 6.01 Å². The van der Waals surface area contributed by atoms with Crippen LogP contribution in [0.2, 0.25) is 0 Å². The Morgan fingerprint density at radius 2 is 1.95 bits per heavy atom. The summed E-state index contributed by atoms with van der Waals surface area (Å²) in [4.78, 5) is 9.15. The number of imidazole rings is 1. The Balaban J connectivity index is 2.39. The molecule has 1 unspecified atom stereocenters. The van der Waals surface area contributed by atoms with E-state index in [0.717, 1.165) is 42.1 Å². The molecule has 0 aromatic carbocycles. The monoisotopic (exact) mass is 303 g/mol. The zero-order chi connectivity index (χ0) is 16.1. The first-order valence-electron chi connectivity index (χ1n) is 7.67. The first kappa shape index (κ1) is 16.5. The number of ether oxygens (including phenoxy) is 2. The van der Waals surface area contributed by atoms with Crippen LogP contribution in [0.15, 0.2) is 18.3 Å². The van der Waals surface area contributed by atoms with Crippen molar-refractivity contribution in [2.24, 2.45) is 0 Å². The number of methoxy groups -OCH3 is 2. The van der Waals surface area contributed by atoms with E-state index in [2.05, 4.69) is 33.7 Å². The van der Waals surface area contributed by atoms with Gasteiger partial charge in [0.05, 0.1) is 12.8 Å². The minimum absolute atomic E-state index is 0.315. The molecule has 0 bridgehead atoms. The highest BCUT2D eigenvalue weighted by Gasteiger charge is 2.18. The zero-order valence-corrected chi connectivity index (χ0v) is 14.1. The van der Waals surface area contributed by atoms with Crippen LogP contribution < -0.4 is 4.74 Å². The van der Waals surface area contributed by atoms with Crippen molar-refractivity contribution in [1.29, 1.82) is 0 Å². The lowest BCUT2D eigenvalue weighted by atomic mass is 10.1. The summed E-state index contributed by atoms with van der Waals surface area (Å²) < 4.78 is 12.8. The van der Waals surface area contributed by atoms with Crippen molar-refractivity contribution in [3.8, 4) is 17.3 Å². The molecule has 2 heterocycles. The van der Waals surface area contributed by atoms with Gasteiger partial charge in [-0.1, -0.05) is 6.92 Å². The maximum absolute atomic E-state index is 5.46. The molecule has 0 aliphatic carbocycles. The summed E-state index contributed by atoms with van der Waals surface area (Å²) in [6, 6.07) is 5.03. The molecular weight excluding hydrogens is 278 g/mol. The molecule has 5 heteroatoms. The lowest BCUT2D eigenvalue weighted by Crippen LogP contribution is -2.11. The normalized spacial score (nSPS) is 12.4. The van der Waals surface area contributed by atoms with Crippen LogP contribution in [0, 0.1) is 13.8 Å². The van der Waals surface area contributed by atoms with Gasteiger partial charge in [-0.3, -0.25) is 9.55 Å². The number of aryl methyl sites for hydroxylation is 2. The summed E-state index contributed by atoms with van der Waals surface area (Å²) >= 11 is 0. The summed E-state index contributed by atoms with van der Waals surface area (Å²) in [5.41, 5.74) is 3.94. The fraction of sp³-hybridized carbons (Fsp3) is 0.529. The Morgan fingerprint density at radius 1 is 1.18 bits per heavy atom. The van der Waals surface area contributed by atoms with Crippen molar-refractivity contribution in [2.75, 3.05) is 20.8 Å². The molecule has 0 aliphatic heterocycles. The van der Waals surface area contributed by atoms with Gasteiger partial charge in [0.2, 0.25) is 0 Å². The second-order valence-corrected chi connectivity index (χ2v) is 5.45. The molecule has 0 fully saturated rings. The van der Waals surface area contributed by atoms with E-state index in [4.69, 9.17) is 9.47 Å². The van der Waals surface area contributed by atoms with Gasteiger partial charge >= 0.3 is 0 Å². The lowest BCUT2D eigenvalue weighted by molar-refractivity contribution is 0.174. The maximum Gasteiger partial charge on any atom is 0.296 e. The van der Waals surface area contributed by atoms with Crippen LogP contribution in [0.3, 0.4) is 0 Å². The van der Waals surface area contributed by atoms with E-state index in [-0.39, 0.29) is 0 Å². The first-order valence-corrected chi connectivity index (χ1v) is 7.67. The maximum atomic E-state index is 5.46. The Bertz CT molecular complexity index is 622. The summed E-state index contributed by atoms with van der Waals surface area (Å²) in [5.74, 6) is 0. The van der Waals surface area contributed by atoms with Crippen molar-refractivity contribution in [1.82, 2.24) is 14.5 Å². The highest BCUT2D eigenvalue weighted by molar-refractivity contribution is 5.62. The van der Waals surface area contributed by atoms with Crippen LogP contribution >= 0.6 is 0 Å². The largest absolute Gasteiger partial charge is 0.468 e. The molecule has 0 saturated carbocycles. The van der Waals surface area contributed by atoms with E-state index >= 15 is 0 Å². The molecule has 0 spiro atoms. The van der Waals surface area contributed by atoms with Crippen molar-refractivity contribution in [3.63, 3.8) is 0 Å². The van der Waals surface area contributed by atoms with Gasteiger partial charge < -0.3 is 9.47 Å². The number of nitrogens with zero attached hydrogens (tertiary/aromatic N) is 3. The average molecular weight is 303 g/mol. The molecule has 0 saturated heterocycles. The minimum atomic E-state index is 0.315. The van der Waals surface area contributed by atoms with Gasteiger partial charge in [-0.15, -0.1) is 0 Å². The zero-order valence-electron chi connectivity index (χ0n) is 14.1. The van der Waals surface area contributed by atoms with Crippen LogP contribution in [-0.2, 0) is 4.74 Å². The summed E-state index contributed by atoms with van der Waals surface area (Å²) in [6.45, 7) is 6.89. The second-order valence-electron chi connectivity index (χ2n) is 5.45. The van der Waals surface area contributed by atoms with Gasteiger partial charge in [0.15, 0.2) is 0 Å². The Hall–Kier alpha value is -1.88. The minimum Gasteiger partial charge on any atom is -0.468 e. The lowest BCUT2D eigenvalue weighted by Gasteiger charge is -2.17. The van der Waals surface area contributed by atoms with E-state index in [1.54, 1.807) is 14.2 Å². The quantitative estimate of drug-likeness (QED) is 0.784. The Kier molecular flexibility index (Phi) is 5.55. The molecule has 2 rings (SSSR count). The Morgan fingerprint density at radius 3 is 2.55 bits per heavy atom. The topological polar surface area (TPSA) is 49.2 Å².